The van der Waals surface area contributed by atoms with E-state index in [4.69, 9.17) is 14.2 Å². The first-order valence-corrected chi connectivity index (χ1v) is 9.89. The number of thiazole rings is 1. The fourth-order valence-corrected chi connectivity index (χ4v) is 3.05. The van der Waals surface area contributed by atoms with Crippen molar-refractivity contribution in [2.45, 2.75) is 20.1 Å². The van der Waals surface area contributed by atoms with E-state index in [0.29, 0.717) is 18.1 Å². The number of carbonyl (C=O) groups is 1. The Morgan fingerprint density at radius 3 is 2.45 bits per heavy atom. The number of halogens is 1. The van der Waals surface area contributed by atoms with E-state index in [9.17, 15) is 9.18 Å². The number of rotatable bonds is 9. The molecule has 2 aromatic carbocycles. The Morgan fingerprint density at radius 1 is 1.03 bits per heavy atom. The summed E-state index contributed by atoms with van der Waals surface area (Å²) >= 11 is 1.41. The molecule has 0 N–H and O–H groups in total. The van der Waals surface area contributed by atoms with E-state index in [1.54, 1.807) is 18.2 Å². The topological polar surface area (TPSA) is 57.7 Å². The van der Waals surface area contributed by atoms with Gasteiger partial charge in [-0.3, -0.25) is 0 Å². The van der Waals surface area contributed by atoms with Gasteiger partial charge in [0.1, 0.15) is 35.5 Å². The molecule has 0 atom stereocenters. The summed E-state index contributed by atoms with van der Waals surface area (Å²) in [6.45, 7) is 2.88. The average molecular weight is 413 g/mol. The summed E-state index contributed by atoms with van der Waals surface area (Å²) in [5, 5.41) is 2.55. The minimum Gasteiger partial charge on any atom is -0.494 e. The van der Waals surface area contributed by atoms with Crippen molar-refractivity contribution < 1.29 is 23.4 Å². The number of aromatic nitrogens is 1. The lowest BCUT2D eigenvalue weighted by atomic mass is 10.2. The van der Waals surface area contributed by atoms with Crippen molar-refractivity contribution in [3.63, 3.8) is 0 Å². The molecule has 0 aliphatic carbocycles. The van der Waals surface area contributed by atoms with Gasteiger partial charge < -0.3 is 14.2 Å². The predicted molar refractivity (Wildman–Crippen MR) is 109 cm³/mol. The second kappa shape index (κ2) is 10.4. The summed E-state index contributed by atoms with van der Waals surface area (Å²) in [4.78, 5) is 16.3. The van der Waals surface area contributed by atoms with E-state index in [2.05, 4.69) is 4.98 Å². The SMILES string of the molecule is CCOc1ccc(/C=C/C(=O)OCc2csc(COc3ccc(F)cc3)n2)cc1. The zero-order valence-electron chi connectivity index (χ0n) is 15.8. The fraction of sp³-hybridized carbons (Fsp3) is 0.182. The van der Waals surface area contributed by atoms with Crippen LogP contribution in [0.2, 0.25) is 0 Å². The van der Waals surface area contributed by atoms with E-state index in [1.165, 1.54) is 29.5 Å². The summed E-state index contributed by atoms with van der Waals surface area (Å²) in [5.74, 6) is 0.590. The molecule has 0 aliphatic heterocycles. The first-order valence-electron chi connectivity index (χ1n) is 9.01. The molecule has 0 radical (unpaired) electrons. The molecular formula is C22H20FNO4S. The maximum absolute atomic E-state index is 12.9. The third-order valence-electron chi connectivity index (χ3n) is 3.74. The van der Waals surface area contributed by atoms with Crippen LogP contribution in [0.25, 0.3) is 6.08 Å². The maximum atomic E-state index is 12.9. The highest BCUT2D eigenvalue weighted by molar-refractivity contribution is 7.09. The van der Waals surface area contributed by atoms with Crippen LogP contribution in [0.15, 0.2) is 60.0 Å². The van der Waals surface area contributed by atoms with E-state index in [1.807, 2.05) is 36.6 Å². The molecule has 0 amide bonds. The lowest BCUT2D eigenvalue weighted by Gasteiger charge is -2.03. The molecule has 0 spiro atoms. The van der Waals surface area contributed by atoms with Gasteiger partial charge in [0.05, 0.1) is 12.3 Å². The molecule has 1 heterocycles. The standard InChI is InChI=1S/C22H20FNO4S/c1-2-26-19-8-3-16(4-9-19)5-12-22(25)28-13-18-15-29-21(24-18)14-27-20-10-6-17(23)7-11-20/h3-12,15H,2,13-14H2,1H3/b12-5+. The van der Waals surface area contributed by atoms with Gasteiger partial charge in [-0.05, 0) is 55.0 Å². The van der Waals surface area contributed by atoms with Crippen molar-refractivity contribution in [3.8, 4) is 11.5 Å². The number of carbonyl (C=O) groups excluding carboxylic acids is 1. The second-order valence-corrected chi connectivity index (χ2v) is 6.86. The van der Waals surface area contributed by atoms with Crippen molar-refractivity contribution in [1.82, 2.24) is 4.98 Å². The number of hydrogen-bond donors (Lipinski definition) is 0. The number of esters is 1. The molecule has 0 unspecified atom stereocenters. The molecule has 0 saturated carbocycles. The van der Waals surface area contributed by atoms with Gasteiger partial charge in [-0.25, -0.2) is 14.2 Å². The highest BCUT2D eigenvalue weighted by Crippen LogP contribution is 2.17. The normalized spacial score (nSPS) is 10.8. The van der Waals surface area contributed by atoms with Gasteiger partial charge in [0.2, 0.25) is 0 Å². The Kier molecular flexibility index (Phi) is 7.35. The van der Waals surface area contributed by atoms with Gasteiger partial charge >= 0.3 is 5.97 Å². The first kappa shape index (κ1) is 20.5. The van der Waals surface area contributed by atoms with Gasteiger partial charge in [0, 0.05) is 11.5 Å². The molecule has 29 heavy (non-hydrogen) atoms. The van der Waals surface area contributed by atoms with Crippen LogP contribution in [-0.4, -0.2) is 17.6 Å². The van der Waals surface area contributed by atoms with E-state index in [-0.39, 0.29) is 19.0 Å². The molecular weight excluding hydrogens is 393 g/mol. The smallest absolute Gasteiger partial charge is 0.331 e. The lowest BCUT2D eigenvalue weighted by Crippen LogP contribution is -2.01. The molecule has 3 rings (SSSR count). The monoisotopic (exact) mass is 413 g/mol. The zero-order chi connectivity index (χ0) is 20.5. The van der Waals surface area contributed by atoms with E-state index >= 15 is 0 Å². The van der Waals surface area contributed by atoms with E-state index in [0.717, 1.165) is 16.3 Å². The fourth-order valence-electron chi connectivity index (χ4n) is 2.36. The maximum Gasteiger partial charge on any atom is 0.331 e. The minimum absolute atomic E-state index is 0.0828. The molecule has 150 valence electrons. The average Bonchev–Trinajstić information content (AvgIpc) is 3.19. The third-order valence-corrected chi connectivity index (χ3v) is 4.61. The number of nitrogens with zero attached hydrogens (tertiary/aromatic N) is 1. The summed E-state index contributed by atoms with van der Waals surface area (Å²) in [6.07, 6.45) is 3.06. The van der Waals surface area contributed by atoms with Crippen LogP contribution in [0, 0.1) is 5.82 Å². The minimum atomic E-state index is -0.448. The third kappa shape index (κ3) is 6.73. The summed E-state index contributed by atoms with van der Waals surface area (Å²) < 4.78 is 29.0. The lowest BCUT2D eigenvalue weighted by molar-refractivity contribution is -0.139. The van der Waals surface area contributed by atoms with Gasteiger partial charge in [-0.2, -0.15) is 0 Å². The molecule has 7 heteroatoms. The highest BCUT2D eigenvalue weighted by atomic mass is 32.1. The van der Waals surface area contributed by atoms with Crippen LogP contribution in [0.1, 0.15) is 23.2 Å². The van der Waals surface area contributed by atoms with Crippen molar-refractivity contribution in [2.75, 3.05) is 6.61 Å². The second-order valence-electron chi connectivity index (χ2n) is 5.92. The van der Waals surface area contributed by atoms with Crippen LogP contribution in [0.4, 0.5) is 4.39 Å². The summed E-state index contributed by atoms with van der Waals surface area (Å²) in [6, 6.07) is 13.2. The van der Waals surface area contributed by atoms with Crippen LogP contribution in [0.5, 0.6) is 11.5 Å². The molecule has 0 saturated heterocycles. The van der Waals surface area contributed by atoms with Gasteiger partial charge in [0.25, 0.3) is 0 Å². The van der Waals surface area contributed by atoms with E-state index < -0.39 is 5.97 Å². The van der Waals surface area contributed by atoms with Crippen LogP contribution in [-0.2, 0) is 22.7 Å². The number of hydrogen-bond acceptors (Lipinski definition) is 6. The Hall–Kier alpha value is -3.19. The zero-order valence-corrected chi connectivity index (χ0v) is 16.7. The Labute approximate surface area is 172 Å². The Bertz CT molecular complexity index is 952. The van der Waals surface area contributed by atoms with Gasteiger partial charge in [-0.1, -0.05) is 12.1 Å². The van der Waals surface area contributed by atoms with Crippen molar-refractivity contribution >= 4 is 23.4 Å². The Morgan fingerprint density at radius 2 is 1.72 bits per heavy atom. The van der Waals surface area contributed by atoms with Crippen molar-refractivity contribution in [2.24, 2.45) is 0 Å². The van der Waals surface area contributed by atoms with Crippen molar-refractivity contribution in [1.29, 1.82) is 0 Å². The first-order chi connectivity index (χ1) is 14.1. The van der Waals surface area contributed by atoms with Crippen molar-refractivity contribution in [3.05, 3.63) is 82.1 Å². The molecule has 5 nitrogen and oxygen atoms in total. The molecule has 0 fully saturated rings. The summed E-state index contributed by atoms with van der Waals surface area (Å²) in [5.41, 5.74) is 1.52. The predicted octanol–water partition coefficient (Wildman–Crippen LogP) is 5.02. The molecule has 0 bridgehead atoms. The quantitative estimate of drug-likeness (QED) is 0.364. The van der Waals surface area contributed by atoms with Crippen LogP contribution >= 0.6 is 11.3 Å². The largest absolute Gasteiger partial charge is 0.494 e. The summed E-state index contributed by atoms with van der Waals surface area (Å²) in [7, 11) is 0. The van der Waals surface area contributed by atoms with Crippen LogP contribution in [0.3, 0.4) is 0 Å². The van der Waals surface area contributed by atoms with Gasteiger partial charge in [0.15, 0.2) is 0 Å². The Balaban J connectivity index is 1.43. The highest BCUT2D eigenvalue weighted by Gasteiger charge is 2.06. The molecule has 0 aliphatic rings. The molecule has 1 aromatic heterocycles. The number of ether oxygens (including phenoxy) is 3. The molecule has 3 aromatic rings. The van der Waals surface area contributed by atoms with Gasteiger partial charge in [-0.15, -0.1) is 11.3 Å². The number of benzene rings is 2. The van der Waals surface area contributed by atoms with Crippen LogP contribution < -0.4 is 9.47 Å².